The molecule has 0 bridgehead atoms. The van der Waals surface area contributed by atoms with Crippen molar-refractivity contribution in [3.8, 4) is 23.7 Å². The summed E-state index contributed by atoms with van der Waals surface area (Å²) in [4.78, 5) is 12.1. The zero-order valence-corrected chi connectivity index (χ0v) is 13.5. The Morgan fingerprint density at radius 1 is 1.09 bits per heavy atom. The van der Waals surface area contributed by atoms with Crippen molar-refractivity contribution >= 4 is 5.78 Å². The lowest BCUT2D eigenvalue weighted by Gasteiger charge is -2.35. The van der Waals surface area contributed by atoms with Crippen LogP contribution in [0.5, 0.6) is 0 Å². The fourth-order valence-electron chi connectivity index (χ4n) is 2.06. The SMILES string of the molecule is C=CCCCC#CCCC#CC1(OC)C(=O)C(OC)=C1OC. The Hall–Kier alpha value is -2.17. The van der Waals surface area contributed by atoms with E-state index < -0.39 is 5.60 Å². The lowest BCUT2D eigenvalue weighted by atomic mass is 9.83. The monoisotopic (exact) mass is 302 g/mol. The van der Waals surface area contributed by atoms with Gasteiger partial charge in [-0.3, -0.25) is 4.79 Å². The predicted molar refractivity (Wildman–Crippen MR) is 84.6 cm³/mol. The number of ether oxygens (including phenoxy) is 3. The molecule has 0 amide bonds. The van der Waals surface area contributed by atoms with E-state index in [-0.39, 0.29) is 11.5 Å². The average molecular weight is 302 g/mol. The zero-order valence-electron chi connectivity index (χ0n) is 13.5. The van der Waals surface area contributed by atoms with Crippen molar-refractivity contribution in [2.45, 2.75) is 37.7 Å². The van der Waals surface area contributed by atoms with Crippen LogP contribution >= 0.6 is 0 Å². The Morgan fingerprint density at radius 2 is 1.77 bits per heavy atom. The molecule has 0 saturated carbocycles. The van der Waals surface area contributed by atoms with Gasteiger partial charge in [-0.05, 0) is 12.8 Å². The van der Waals surface area contributed by atoms with Crippen molar-refractivity contribution in [2.24, 2.45) is 0 Å². The second-order valence-corrected chi connectivity index (χ2v) is 4.62. The number of Topliss-reactive ketones (excluding diaryl/α,β-unsaturated/α-hetero) is 1. The maximum absolute atomic E-state index is 12.1. The number of methoxy groups -OCH3 is 3. The second-order valence-electron chi connectivity index (χ2n) is 4.62. The minimum Gasteiger partial charge on any atom is -0.493 e. The molecule has 1 aliphatic carbocycles. The molecule has 0 spiro atoms. The summed E-state index contributed by atoms with van der Waals surface area (Å²) in [5.74, 6) is 12.1. The number of unbranched alkanes of at least 4 members (excludes halogenated alkanes) is 3. The van der Waals surface area contributed by atoms with Crippen LogP contribution in [0.15, 0.2) is 24.2 Å². The van der Waals surface area contributed by atoms with Gasteiger partial charge in [0.1, 0.15) is 0 Å². The fraction of sp³-hybridized carbons (Fsp3) is 0.500. The molecule has 0 fully saturated rings. The molecule has 4 nitrogen and oxygen atoms in total. The standard InChI is InChI=1S/C18H22O4/c1-5-6-7-8-9-10-11-12-13-14-18(22-4)16(19)15(20-2)17(18)21-3/h5H,1,6-8,11-12H2,2-4H3. The molecule has 0 heterocycles. The smallest absolute Gasteiger partial charge is 0.256 e. The molecular formula is C18H22O4. The normalized spacial score (nSPS) is 19.3. The van der Waals surface area contributed by atoms with E-state index >= 15 is 0 Å². The summed E-state index contributed by atoms with van der Waals surface area (Å²) in [6, 6.07) is 0. The highest BCUT2D eigenvalue weighted by molar-refractivity contribution is 6.12. The summed E-state index contributed by atoms with van der Waals surface area (Å²) >= 11 is 0. The number of carbonyl (C=O) groups excluding carboxylic acids is 1. The van der Waals surface area contributed by atoms with E-state index in [4.69, 9.17) is 14.2 Å². The molecule has 4 heteroatoms. The molecule has 1 rings (SSSR count). The van der Waals surface area contributed by atoms with E-state index in [1.165, 1.54) is 21.3 Å². The Kier molecular flexibility index (Phi) is 7.29. The third-order valence-electron chi connectivity index (χ3n) is 3.24. The summed E-state index contributed by atoms with van der Waals surface area (Å²) < 4.78 is 15.4. The van der Waals surface area contributed by atoms with Crippen LogP contribution in [-0.4, -0.2) is 32.7 Å². The first-order valence-corrected chi connectivity index (χ1v) is 7.17. The van der Waals surface area contributed by atoms with Crippen molar-refractivity contribution in [1.29, 1.82) is 0 Å². The van der Waals surface area contributed by atoms with Crippen molar-refractivity contribution in [2.75, 3.05) is 21.3 Å². The highest BCUT2D eigenvalue weighted by Gasteiger charge is 2.57. The number of hydrogen-bond acceptors (Lipinski definition) is 4. The molecule has 0 aromatic rings. The summed E-state index contributed by atoms with van der Waals surface area (Å²) in [6.45, 7) is 3.67. The van der Waals surface area contributed by atoms with Crippen LogP contribution in [-0.2, 0) is 19.0 Å². The van der Waals surface area contributed by atoms with Gasteiger partial charge in [-0.1, -0.05) is 17.9 Å². The highest BCUT2D eigenvalue weighted by atomic mass is 16.6. The van der Waals surface area contributed by atoms with Gasteiger partial charge in [-0.25, -0.2) is 0 Å². The molecule has 0 N–H and O–H groups in total. The van der Waals surface area contributed by atoms with Crippen LogP contribution in [0.1, 0.15) is 32.1 Å². The second kappa shape index (κ2) is 8.97. The van der Waals surface area contributed by atoms with Crippen molar-refractivity contribution in [3.63, 3.8) is 0 Å². The minimum atomic E-state index is -1.32. The molecule has 118 valence electrons. The first-order chi connectivity index (χ1) is 10.7. The fourth-order valence-corrected chi connectivity index (χ4v) is 2.06. The molecule has 0 radical (unpaired) electrons. The Balaban J connectivity index is 2.57. The van der Waals surface area contributed by atoms with E-state index in [2.05, 4.69) is 30.3 Å². The maximum atomic E-state index is 12.1. The summed E-state index contributed by atoms with van der Waals surface area (Å²) in [5.41, 5.74) is -1.32. The third-order valence-corrected chi connectivity index (χ3v) is 3.24. The summed E-state index contributed by atoms with van der Waals surface area (Å²) in [7, 11) is 4.31. The van der Waals surface area contributed by atoms with Crippen molar-refractivity contribution in [3.05, 3.63) is 24.2 Å². The highest BCUT2D eigenvalue weighted by Crippen LogP contribution is 2.38. The van der Waals surface area contributed by atoms with Crippen LogP contribution in [0.25, 0.3) is 0 Å². The first-order valence-electron chi connectivity index (χ1n) is 7.17. The Bertz CT molecular complexity index is 565. The van der Waals surface area contributed by atoms with Gasteiger partial charge in [-0.2, -0.15) is 0 Å². The van der Waals surface area contributed by atoms with Gasteiger partial charge in [-0.15, -0.1) is 18.4 Å². The first kappa shape index (κ1) is 17.9. The number of rotatable bonds is 7. The number of hydrogen-bond donors (Lipinski definition) is 0. The van der Waals surface area contributed by atoms with Crippen LogP contribution in [0.4, 0.5) is 0 Å². The van der Waals surface area contributed by atoms with Gasteiger partial charge in [0.15, 0.2) is 5.76 Å². The van der Waals surface area contributed by atoms with Gasteiger partial charge in [0.25, 0.3) is 11.4 Å². The van der Waals surface area contributed by atoms with Crippen LogP contribution in [0.2, 0.25) is 0 Å². The molecule has 1 aliphatic rings. The zero-order chi connectivity index (χ0) is 16.4. The number of ketones is 1. The largest absolute Gasteiger partial charge is 0.493 e. The van der Waals surface area contributed by atoms with Gasteiger partial charge in [0.05, 0.1) is 14.2 Å². The lowest BCUT2D eigenvalue weighted by molar-refractivity contribution is -0.142. The quantitative estimate of drug-likeness (QED) is 0.412. The molecule has 0 aliphatic heterocycles. The summed E-state index contributed by atoms with van der Waals surface area (Å²) in [5, 5.41) is 0. The Morgan fingerprint density at radius 3 is 2.36 bits per heavy atom. The van der Waals surface area contributed by atoms with Crippen LogP contribution in [0, 0.1) is 23.7 Å². The van der Waals surface area contributed by atoms with Crippen molar-refractivity contribution in [1.82, 2.24) is 0 Å². The van der Waals surface area contributed by atoms with Gasteiger partial charge < -0.3 is 14.2 Å². The van der Waals surface area contributed by atoms with Gasteiger partial charge >= 0.3 is 0 Å². The van der Waals surface area contributed by atoms with E-state index in [9.17, 15) is 4.79 Å². The molecule has 0 aromatic heterocycles. The maximum Gasteiger partial charge on any atom is 0.256 e. The van der Waals surface area contributed by atoms with Crippen LogP contribution in [0.3, 0.4) is 0 Å². The van der Waals surface area contributed by atoms with Crippen LogP contribution < -0.4 is 0 Å². The lowest BCUT2D eigenvalue weighted by Crippen LogP contribution is -2.52. The Labute approximate surface area is 132 Å². The topological polar surface area (TPSA) is 44.8 Å². The number of carbonyl (C=O) groups is 1. The molecule has 1 atom stereocenters. The van der Waals surface area contributed by atoms with E-state index in [1.807, 2.05) is 6.08 Å². The minimum absolute atomic E-state index is 0.167. The predicted octanol–water partition coefficient (Wildman–Crippen LogP) is 2.60. The molecule has 1 unspecified atom stereocenters. The van der Waals surface area contributed by atoms with E-state index in [1.54, 1.807) is 0 Å². The molecular weight excluding hydrogens is 280 g/mol. The summed E-state index contributed by atoms with van der Waals surface area (Å²) in [6.07, 6.45) is 6.02. The molecule has 22 heavy (non-hydrogen) atoms. The average Bonchev–Trinajstić information content (AvgIpc) is 2.54. The van der Waals surface area contributed by atoms with Crippen molar-refractivity contribution < 1.29 is 19.0 Å². The third kappa shape index (κ3) is 3.72. The molecule has 0 aromatic carbocycles. The van der Waals surface area contributed by atoms with E-state index in [0.717, 1.165) is 19.3 Å². The molecule has 0 saturated heterocycles. The van der Waals surface area contributed by atoms with E-state index in [0.29, 0.717) is 18.6 Å². The number of allylic oxidation sites excluding steroid dienone is 1. The van der Waals surface area contributed by atoms with Gasteiger partial charge in [0.2, 0.25) is 5.76 Å². The van der Waals surface area contributed by atoms with Gasteiger partial charge in [0, 0.05) is 26.4 Å².